The van der Waals surface area contributed by atoms with Crippen molar-refractivity contribution in [3.8, 4) is 11.5 Å². The maximum absolute atomic E-state index is 11.3. The minimum absolute atomic E-state index is 0.00163. The number of carboxylic acid groups (broad SMARTS) is 1. The number of hydrogen-bond acceptors (Lipinski definition) is 3. The van der Waals surface area contributed by atoms with Gasteiger partial charge in [0.2, 0.25) is 0 Å². The number of benzene rings is 1. The van der Waals surface area contributed by atoms with Crippen LogP contribution in [0.1, 0.15) is 49.5 Å². The minimum atomic E-state index is -1.06. The summed E-state index contributed by atoms with van der Waals surface area (Å²) in [6.07, 6.45) is 6.04. The Bertz CT molecular complexity index is 593. The Labute approximate surface area is 131 Å². The molecule has 0 aliphatic carbocycles. The van der Waals surface area contributed by atoms with Gasteiger partial charge in [-0.1, -0.05) is 17.2 Å². The monoisotopic (exact) mass is 304 g/mol. The number of hydrogen-bond donors (Lipinski definition) is 2. The van der Waals surface area contributed by atoms with Crippen LogP contribution in [0.5, 0.6) is 11.5 Å². The summed E-state index contributed by atoms with van der Waals surface area (Å²) in [5.74, 6) is -0.864. The molecule has 0 atom stereocenters. The lowest BCUT2D eigenvalue weighted by Gasteiger charge is -2.11. The van der Waals surface area contributed by atoms with Crippen molar-refractivity contribution in [2.24, 2.45) is 0 Å². The zero-order valence-corrected chi connectivity index (χ0v) is 13.6. The van der Waals surface area contributed by atoms with Crippen LogP contribution in [0.4, 0.5) is 0 Å². The fourth-order valence-corrected chi connectivity index (χ4v) is 2.09. The van der Waals surface area contributed by atoms with E-state index in [4.69, 9.17) is 4.74 Å². The van der Waals surface area contributed by atoms with Gasteiger partial charge >= 0.3 is 5.97 Å². The van der Waals surface area contributed by atoms with Crippen LogP contribution >= 0.6 is 0 Å². The molecule has 0 spiro atoms. The van der Waals surface area contributed by atoms with Gasteiger partial charge in [-0.25, -0.2) is 4.79 Å². The molecule has 0 radical (unpaired) electrons. The Hall–Kier alpha value is -2.23. The van der Waals surface area contributed by atoms with E-state index in [-0.39, 0.29) is 23.7 Å². The smallest absolute Gasteiger partial charge is 0.339 e. The normalized spacial score (nSPS) is 11.2. The summed E-state index contributed by atoms with van der Waals surface area (Å²) < 4.78 is 5.53. The van der Waals surface area contributed by atoms with Gasteiger partial charge in [-0.05, 0) is 58.2 Å². The molecule has 0 heterocycles. The zero-order valence-electron chi connectivity index (χ0n) is 13.6. The van der Waals surface area contributed by atoms with Gasteiger partial charge in [-0.15, -0.1) is 0 Å². The van der Waals surface area contributed by atoms with E-state index in [1.807, 2.05) is 13.0 Å². The quantitative estimate of drug-likeness (QED) is 0.729. The maximum atomic E-state index is 11.3. The van der Waals surface area contributed by atoms with Gasteiger partial charge in [0.1, 0.15) is 23.7 Å². The number of aromatic carboxylic acids is 1. The molecule has 0 amide bonds. The van der Waals surface area contributed by atoms with Gasteiger partial charge in [0.05, 0.1) is 0 Å². The molecule has 0 fully saturated rings. The number of phenolic OH excluding ortho intramolecular Hbond substituents is 1. The fraction of sp³-hybridized carbons (Fsp3) is 0.389. The Morgan fingerprint density at radius 3 is 2.50 bits per heavy atom. The topological polar surface area (TPSA) is 66.8 Å². The van der Waals surface area contributed by atoms with E-state index < -0.39 is 5.97 Å². The number of carboxylic acids is 1. The van der Waals surface area contributed by atoms with Gasteiger partial charge in [0.15, 0.2) is 0 Å². The van der Waals surface area contributed by atoms with Crippen LogP contribution in [0.25, 0.3) is 0 Å². The summed E-state index contributed by atoms with van der Waals surface area (Å²) in [6.45, 7) is 8.08. The molecular formula is C18H24O4. The SMILES string of the molecule is CC(C)=CCCC(C)=CCOc1cc(O)cc(C)c1C(=O)O. The van der Waals surface area contributed by atoms with Crippen LogP contribution in [0.2, 0.25) is 0 Å². The number of rotatable bonds is 7. The molecule has 0 saturated carbocycles. The molecule has 0 aromatic heterocycles. The summed E-state index contributed by atoms with van der Waals surface area (Å²) in [4.78, 5) is 11.3. The molecule has 2 N–H and O–H groups in total. The first-order valence-corrected chi connectivity index (χ1v) is 7.30. The molecule has 1 rings (SSSR count). The first-order valence-electron chi connectivity index (χ1n) is 7.30. The highest BCUT2D eigenvalue weighted by Gasteiger charge is 2.15. The molecule has 0 aliphatic rings. The first kappa shape index (κ1) is 17.8. The van der Waals surface area contributed by atoms with Crippen molar-refractivity contribution in [3.63, 3.8) is 0 Å². The van der Waals surface area contributed by atoms with Crippen molar-refractivity contribution < 1.29 is 19.7 Å². The molecule has 22 heavy (non-hydrogen) atoms. The predicted octanol–water partition coefficient (Wildman–Crippen LogP) is 4.47. The number of ether oxygens (including phenoxy) is 1. The van der Waals surface area contributed by atoms with Gasteiger partial charge in [0, 0.05) is 6.07 Å². The molecule has 0 saturated heterocycles. The van der Waals surface area contributed by atoms with Crippen molar-refractivity contribution in [3.05, 3.63) is 46.6 Å². The second kappa shape index (κ2) is 8.27. The van der Waals surface area contributed by atoms with E-state index in [0.29, 0.717) is 5.56 Å². The molecule has 0 bridgehead atoms. The van der Waals surface area contributed by atoms with Gasteiger partial charge in [-0.3, -0.25) is 0 Å². The number of phenols is 1. The van der Waals surface area contributed by atoms with E-state index >= 15 is 0 Å². The Morgan fingerprint density at radius 1 is 1.23 bits per heavy atom. The molecule has 0 unspecified atom stereocenters. The summed E-state index contributed by atoms with van der Waals surface area (Å²) in [7, 11) is 0. The zero-order chi connectivity index (χ0) is 16.7. The molecular weight excluding hydrogens is 280 g/mol. The van der Waals surface area contributed by atoms with Crippen molar-refractivity contribution in [2.45, 2.75) is 40.5 Å². The molecule has 4 nitrogen and oxygen atoms in total. The van der Waals surface area contributed by atoms with Crippen LogP contribution < -0.4 is 4.74 Å². The van der Waals surface area contributed by atoms with Gasteiger partial charge in [0.25, 0.3) is 0 Å². The fourth-order valence-electron chi connectivity index (χ4n) is 2.09. The largest absolute Gasteiger partial charge is 0.508 e. The Morgan fingerprint density at radius 2 is 1.91 bits per heavy atom. The Kier molecular flexibility index (Phi) is 6.70. The molecule has 120 valence electrons. The third-order valence-corrected chi connectivity index (χ3v) is 3.26. The van der Waals surface area contributed by atoms with Crippen LogP contribution in [-0.2, 0) is 0 Å². The van der Waals surface area contributed by atoms with E-state index in [2.05, 4.69) is 19.9 Å². The number of aromatic hydroxyl groups is 1. The average molecular weight is 304 g/mol. The van der Waals surface area contributed by atoms with Crippen molar-refractivity contribution >= 4 is 5.97 Å². The summed E-state index contributed by atoms with van der Waals surface area (Å²) >= 11 is 0. The van der Waals surface area contributed by atoms with Crippen LogP contribution in [-0.4, -0.2) is 22.8 Å². The van der Waals surface area contributed by atoms with Crippen LogP contribution in [0.15, 0.2) is 35.4 Å². The lowest BCUT2D eigenvalue weighted by molar-refractivity contribution is 0.0692. The van der Waals surface area contributed by atoms with E-state index in [1.54, 1.807) is 6.92 Å². The van der Waals surface area contributed by atoms with Crippen LogP contribution in [0.3, 0.4) is 0 Å². The van der Waals surface area contributed by atoms with Gasteiger partial charge < -0.3 is 14.9 Å². The average Bonchev–Trinajstić information content (AvgIpc) is 2.36. The second-order valence-corrected chi connectivity index (χ2v) is 5.62. The lowest BCUT2D eigenvalue weighted by Crippen LogP contribution is -2.05. The molecule has 4 heteroatoms. The summed E-state index contributed by atoms with van der Waals surface area (Å²) in [5.41, 5.74) is 3.05. The third kappa shape index (κ3) is 5.64. The van der Waals surface area contributed by atoms with Crippen molar-refractivity contribution in [1.82, 2.24) is 0 Å². The predicted molar refractivity (Wildman–Crippen MR) is 87.7 cm³/mol. The van der Waals surface area contributed by atoms with Crippen molar-refractivity contribution in [2.75, 3.05) is 6.61 Å². The second-order valence-electron chi connectivity index (χ2n) is 5.62. The number of allylic oxidation sites excluding steroid dienone is 3. The van der Waals surface area contributed by atoms with Gasteiger partial charge in [-0.2, -0.15) is 0 Å². The number of carbonyl (C=O) groups is 1. The van der Waals surface area contributed by atoms with Crippen LogP contribution in [0, 0.1) is 6.92 Å². The standard InChI is InChI=1S/C18H24O4/c1-12(2)6-5-7-13(3)8-9-22-16-11-15(19)10-14(4)17(16)18(20)21/h6,8,10-11,19H,5,7,9H2,1-4H3,(H,20,21). The first-order chi connectivity index (χ1) is 10.3. The highest BCUT2D eigenvalue weighted by molar-refractivity contribution is 5.93. The van der Waals surface area contributed by atoms with Crippen molar-refractivity contribution in [1.29, 1.82) is 0 Å². The maximum Gasteiger partial charge on any atom is 0.339 e. The highest BCUT2D eigenvalue weighted by atomic mass is 16.5. The van der Waals surface area contributed by atoms with E-state index in [0.717, 1.165) is 12.8 Å². The number of aryl methyl sites for hydroxylation is 1. The third-order valence-electron chi connectivity index (χ3n) is 3.26. The lowest BCUT2D eigenvalue weighted by atomic mass is 10.1. The molecule has 1 aromatic carbocycles. The molecule has 1 aromatic rings. The highest BCUT2D eigenvalue weighted by Crippen LogP contribution is 2.28. The van der Waals surface area contributed by atoms with E-state index in [1.165, 1.54) is 23.3 Å². The summed E-state index contributed by atoms with van der Waals surface area (Å²) in [6, 6.07) is 2.75. The minimum Gasteiger partial charge on any atom is -0.508 e. The molecule has 0 aliphatic heterocycles. The Balaban J connectivity index is 2.72. The summed E-state index contributed by atoms with van der Waals surface area (Å²) in [5, 5.41) is 18.8. The van der Waals surface area contributed by atoms with E-state index in [9.17, 15) is 15.0 Å².